The Morgan fingerprint density at radius 1 is 1.17 bits per heavy atom. The van der Waals surface area contributed by atoms with Crippen LogP contribution in [-0.4, -0.2) is 30.9 Å². The van der Waals surface area contributed by atoms with E-state index in [1.165, 1.54) is 0 Å². The summed E-state index contributed by atoms with van der Waals surface area (Å²) in [6.45, 7) is 8.32. The molecule has 0 bridgehead atoms. The first kappa shape index (κ1) is 17.0. The van der Waals surface area contributed by atoms with Crippen LogP contribution in [0.3, 0.4) is 0 Å². The van der Waals surface area contributed by atoms with Gasteiger partial charge >= 0.3 is 7.12 Å². The van der Waals surface area contributed by atoms with Crippen LogP contribution in [-0.2, 0) is 9.31 Å². The second-order valence-corrected chi connectivity index (χ2v) is 7.42. The van der Waals surface area contributed by atoms with Gasteiger partial charge in [0.05, 0.1) is 16.2 Å². The first-order valence-corrected chi connectivity index (χ1v) is 8.51. The summed E-state index contributed by atoms with van der Waals surface area (Å²) < 4.78 is 22.9. The molecular weight excluding hydrogens is 335 g/mol. The van der Waals surface area contributed by atoms with Gasteiger partial charge in [0.25, 0.3) is 0 Å². The minimum Gasteiger partial charge on any atom is -0.454 e. The van der Waals surface area contributed by atoms with Crippen LogP contribution in [0.1, 0.15) is 33.3 Å². The summed E-state index contributed by atoms with van der Waals surface area (Å²) in [6.07, 6.45) is 1.94. The molecule has 0 spiro atoms. The summed E-state index contributed by atoms with van der Waals surface area (Å²) in [5.74, 6) is 1.85. The predicted octanol–water partition coefficient (Wildman–Crippen LogP) is 4.01. The molecule has 0 aliphatic carbocycles. The summed E-state index contributed by atoms with van der Waals surface area (Å²) in [7, 11) is -0.445. The van der Waals surface area contributed by atoms with Crippen molar-refractivity contribution in [3.8, 4) is 11.5 Å². The highest BCUT2D eigenvalue weighted by Crippen LogP contribution is 2.41. The molecule has 1 aromatic carbocycles. The molecule has 1 saturated heterocycles. The van der Waals surface area contributed by atoms with E-state index in [0.29, 0.717) is 22.3 Å². The molecule has 0 amide bonds. The molecule has 2 heterocycles. The molecule has 0 saturated carbocycles. The van der Waals surface area contributed by atoms with Gasteiger partial charge in [-0.2, -0.15) is 12.6 Å². The lowest BCUT2D eigenvalue weighted by molar-refractivity contribution is 0.00578. The van der Waals surface area contributed by atoms with Gasteiger partial charge < -0.3 is 18.8 Å². The Hall–Kier alpha value is -0.815. The summed E-state index contributed by atoms with van der Waals surface area (Å²) in [5.41, 5.74) is 0.957. The Labute approximate surface area is 147 Å². The van der Waals surface area contributed by atoms with Crippen molar-refractivity contribution >= 4 is 37.4 Å². The Bertz CT molecular complexity index is 644. The van der Waals surface area contributed by atoms with E-state index in [4.69, 9.17) is 30.4 Å². The lowest BCUT2D eigenvalue weighted by Crippen LogP contribution is -2.41. The minimum atomic E-state index is -0.445. The summed E-state index contributed by atoms with van der Waals surface area (Å²) >= 11 is 10.8. The molecule has 124 valence electrons. The molecule has 0 atom stereocenters. The SMILES string of the molecule is CC1(C)OB(C(=Cc2cc3c(cc2Cl)OCO3)CS)OC1(C)C. The van der Waals surface area contributed by atoms with Crippen LogP contribution in [0.15, 0.2) is 17.6 Å². The van der Waals surface area contributed by atoms with Gasteiger partial charge in [0.1, 0.15) is 0 Å². The van der Waals surface area contributed by atoms with E-state index in [-0.39, 0.29) is 6.79 Å². The Balaban J connectivity index is 1.92. The normalized spacial score (nSPS) is 21.8. The van der Waals surface area contributed by atoms with Gasteiger partial charge in [0.15, 0.2) is 11.5 Å². The third-order valence-corrected chi connectivity index (χ3v) is 5.26. The van der Waals surface area contributed by atoms with Gasteiger partial charge in [-0.1, -0.05) is 17.7 Å². The van der Waals surface area contributed by atoms with Crippen LogP contribution in [0.25, 0.3) is 6.08 Å². The molecule has 3 rings (SSSR count). The number of hydrogen-bond donors (Lipinski definition) is 1. The standard InChI is InChI=1S/C16H20BClO4S/c1-15(2)16(3,4)22-17(21-15)11(8-23)5-10-6-13-14(7-12(10)18)20-9-19-13/h5-7,23H,8-9H2,1-4H3. The molecule has 4 nitrogen and oxygen atoms in total. The fourth-order valence-electron chi connectivity index (χ4n) is 2.43. The highest BCUT2D eigenvalue weighted by atomic mass is 35.5. The minimum absolute atomic E-state index is 0.218. The van der Waals surface area contributed by atoms with Crippen molar-refractivity contribution in [2.75, 3.05) is 12.5 Å². The largest absolute Gasteiger partial charge is 0.491 e. The molecule has 23 heavy (non-hydrogen) atoms. The average Bonchev–Trinajstić information content (AvgIpc) is 2.97. The number of thiol groups is 1. The van der Waals surface area contributed by atoms with Crippen LogP contribution in [0.2, 0.25) is 5.02 Å². The van der Waals surface area contributed by atoms with Crippen molar-refractivity contribution < 1.29 is 18.8 Å². The van der Waals surface area contributed by atoms with E-state index in [2.05, 4.69) is 12.6 Å². The zero-order chi connectivity index (χ0) is 16.8. The van der Waals surface area contributed by atoms with E-state index in [1.54, 1.807) is 6.07 Å². The number of benzene rings is 1. The van der Waals surface area contributed by atoms with Gasteiger partial charge in [-0.15, -0.1) is 0 Å². The highest BCUT2D eigenvalue weighted by molar-refractivity contribution is 7.80. The fraction of sp³-hybridized carbons (Fsp3) is 0.500. The maximum atomic E-state index is 6.34. The molecule has 2 aliphatic heterocycles. The number of rotatable bonds is 3. The van der Waals surface area contributed by atoms with Crippen molar-refractivity contribution in [1.29, 1.82) is 0 Å². The number of hydrogen-bond acceptors (Lipinski definition) is 5. The zero-order valence-electron chi connectivity index (χ0n) is 13.7. The highest BCUT2D eigenvalue weighted by Gasteiger charge is 2.52. The topological polar surface area (TPSA) is 36.9 Å². The molecule has 2 aliphatic rings. The third kappa shape index (κ3) is 3.10. The zero-order valence-corrected chi connectivity index (χ0v) is 15.3. The van der Waals surface area contributed by atoms with E-state index in [9.17, 15) is 0 Å². The Morgan fingerprint density at radius 2 is 1.74 bits per heavy atom. The molecule has 0 N–H and O–H groups in total. The second kappa shape index (κ2) is 5.92. The van der Waals surface area contributed by atoms with Gasteiger partial charge in [0, 0.05) is 11.8 Å². The molecule has 7 heteroatoms. The van der Waals surface area contributed by atoms with E-state index >= 15 is 0 Å². The van der Waals surface area contributed by atoms with Gasteiger partial charge in [-0.05, 0) is 44.8 Å². The van der Waals surface area contributed by atoms with E-state index in [0.717, 1.165) is 11.0 Å². The monoisotopic (exact) mass is 354 g/mol. The number of halogens is 1. The van der Waals surface area contributed by atoms with Gasteiger partial charge in [-0.3, -0.25) is 0 Å². The van der Waals surface area contributed by atoms with Crippen molar-refractivity contribution in [2.45, 2.75) is 38.9 Å². The van der Waals surface area contributed by atoms with E-state index < -0.39 is 18.3 Å². The van der Waals surface area contributed by atoms with Crippen LogP contribution in [0, 0.1) is 0 Å². The first-order valence-electron chi connectivity index (χ1n) is 7.49. The second-order valence-electron chi connectivity index (χ2n) is 6.69. The number of fused-ring (bicyclic) bond motifs is 1. The van der Waals surface area contributed by atoms with Crippen LogP contribution in [0.4, 0.5) is 0 Å². The quantitative estimate of drug-likeness (QED) is 0.657. The molecule has 0 unspecified atom stereocenters. The van der Waals surface area contributed by atoms with Gasteiger partial charge in [0.2, 0.25) is 6.79 Å². The summed E-state index contributed by atoms with van der Waals surface area (Å²) in [6, 6.07) is 3.62. The lowest BCUT2D eigenvalue weighted by Gasteiger charge is -2.32. The average molecular weight is 355 g/mol. The Kier molecular flexibility index (Phi) is 4.38. The summed E-state index contributed by atoms with van der Waals surface area (Å²) in [4.78, 5) is 0. The maximum Gasteiger partial charge on any atom is 0.491 e. The molecular formula is C16H20BClO4S. The van der Waals surface area contributed by atoms with Crippen LogP contribution in [0.5, 0.6) is 11.5 Å². The lowest BCUT2D eigenvalue weighted by atomic mass is 9.78. The number of ether oxygens (including phenoxy) is 2. The van der Waals surface area contributed by atoms with Crippen molar-refractivity contribution in [3.63, 3.8) is 0 Å². The van der Waals surface area contributed by atoms with Crippen molar-refractivity contribution in [2.24, 2.45) is 0 Å². The first-order chi connectivity index (χ1) is 10.7. The predicted molar refractivity (Wildman–Crippen MR) is 95.5 cm³/mol. The Morgan fingerprint density at radius 3 is 2.30 bits per heavy atom. The molecule has 1 aromatic rings. The van der Waals surface area contributed by atoms with E-state index in [1.807, 2.05) is 39.8 Å². The van der Waals surface area contributed by atoms with Crippen LogP contribution >= 0.6 is 24.2 Å². The smallest absolute Gasteiger partial charge is 0.454 e. The van der Waals surface area contributed by atoms with Crippen molar-refractivity contribution in [1.82, 2.24) is 0 Å². The molecule has 0 radical (unpaired) electrons. The molecule has 0 aromatic heterocycles. The fourth-order valence-corrected chi connectivity index (χ4v) is 2.87. The van der Waals surface area contributed by atoms with Crippen LogP contribution < -0.4 is 9.47 Å². The molecule has 1 fully saturated rings. The maximum absolute atomic E-state index is 6.34. The van der Waals surface area contributed by atoms with Crippen molar-refractivity contribution in [3.05, 3.63) is 28.2 Å². The van der Waals surface area contributed by atoms with Gasteiger partial charge in [-0.25, -0.2) is 0 Å². The third-order valence-electron chi connectivity index (χ3n) is 4.57. The summed E-state index contributed by atoms with van der Waals surface area (Å²) in [5, 5.41) is 0.588.